The van der Waals surface area contributed by atoms with Gasteiger partial charge in [0.1, 0.15) is 32.1 Å². The summed E-state index contributed by atoms with van der Waals surface area (Å²) in [4.78, 5) is 9.06. The van der Waals surface area contributed by atoms with Gasteiger partial charge in [-0.3, -0.25) is 0 Å². The molecular formula is C26H24N4O2. The molecule has 0 radical (unpaired) electrons. The topological polar surface area (TPSA) is 61.5 Å². The van der Waals surface area contributed by atoms with Crippen LogP contribution in [-0.4, -0.2) is 27.7 Å². The molecule has 3 aromatic carbocycles. The van der Waals surface area contributed by atoms with E-state index in [-0.39, 0.29) is 0 Å². The van der Waals surface area contributed by atoms with E-state index < -0.39 is 0 Å². The highest BCUT2D eigenvalue weighted by atomic mass is 16.6. The predicted octanol–water partition coefficient (Wildman–Crippen LogP) is 4.79. The zero-order valence-electron chi connectivity index (χ0n) is 17.9. The number of fused-ring (bicyclic) bond motifs is 1. The standard InChI is InChI=1S/C26H24N4O2/c1-31-29-26(30-18-27-17-28-30)25-9-5-3-7-21(25)16-32-22-13-10-20(11-14-22)24-15-12-19-6-2-4-8-23(19)24/h2-11,13-14,17-18,24H,12,15-16H2,1H3. The Bertz CT molecular complexity index is 1220. The van der Waals surface area contributed by atoms with Crippen molar-refractivity contribution in [1.82, 2.24) is 14.8 Å². The minimum absolute atomic E-state index is 0.402. The molecule has 0 bridgehead atoms. The van der Waals surface area contributed by atoms with E-state index in [0.29, 0.717) is 18.4 Å². The van der Waals surface area contributed by atoms with E-state index in [4.69, 9.17) is 9.57 Å². The van der Waals surface area contributed by atoms with Crippen molar-refractivity contribution < 1.29 is 9.57 Å². The van der Waals surface area contributed by atoms with Crippen molar-refractivity contribution in [3.8, 4) is 5.75 Å². The van der Waals surface area contributed by atoms with Crippen LogP contribution in [-0.2, 0) is 17.9 Å². The summed E-state index contributed by atoms with van der Waals surface area (Å²) in [6, 6.07) is 25.1. The summed E-state index contributed by atoms with van der Waals surface area (Å²) in [6.07, 6.45) is 5.37. The number of aromatic nitrogens is 3. The fourth-order valence-corrected chi connectivity index (χ4v) is 4.34. The van der Waals surface area contributed by atoms with Crippen molar-refractivity contribution in [1.29, 1.82) is 0 Å². The summed E-state index contributed by atoms with van der Waals surface area (Å²) in [7, 11) is 1.51. The Morgan fingerprint density at radius 3 is 2.66 bits per heavy atom. The second-order valence-corrected chi connectivity index (χ2v) is 7.74. The van der Waals surface area contributed by atoms with Gasteiger partial charge >= 0.3 is 0 Å². The quantitative estimate of drug-likeness (QED) is 0.254. The van der Waals surface area contributed by atoms with Gasteiger partial charge < -0.3 is 9.57 Å². The first-order chi connectivity index (χ1) is 15.8. The Labute approximate surface area is 187 Å². The summed E-state index contributed by atoms with van der Waals surface area (Å²) in [5, 5.41) is 8.34. The van der Waals surface area contributed by atoms with E-state index in [9.17, 15) is 0 Å². The summed E-state index contributed by atoms with van der Waals surface area (Å²) >= 11 is 0. The fraction of sp³-hybridized carbons (Fsp3) is 0.192. The Balaban J connectivity index is 1.32. The molecule has 4 aromatic rings. The number of aryl methyl sites for hydroxylation is 1. The van der Waals surface area contributed by atoms with E-state index in [2.05, 4.69) is 63.8 Å². The van der Waals surface area contributed by atoms with Gasteiger partial charge in [-0.15, -0.1) is 0 Å². The van der Waals surface area contributed by atoms with Crippen LogP contribution in [0, 0.1) is 0 Å². The number of ether oxygens (including phenoxy) is 1. The van der Waals surface area contributed by atoms with Crippen LogP contribution in [0.5, 0.6) is 5.75 Å². The maximum absolute atomic E-state index is 6.12. The van der Waals surface area contributed by atoms with Gasteiger partial charge in [-0.1, -0.05) is 65.8 Å². The van der Waals surface area contributed by atoms with Crippen LogP contribution in [0.4, 0.5) is 0 Å². The zero-order valence-corrected chi connectivity index (χ0v) is 17.9. The van der Waals surface area contributed by atoms with E-state index in [0.717, 1.165) is 29.7 Å². The fourth-order valence-electron chi connectivity index (χ4n) is 4.34. The smallest absolute Gasteiger partial charge is 0.201 e. The van der Waals surface area contributed by atoms with Crippen molar-refractivity contribution in [3.63, 3.8) is 0 Å². The third-order valence-electron chi connectivity index (χ3n) is 5.88. The number of rotatable bonds is 6. The maximum atomic E-state index is 6.12. The molecule has 5 rings (SSSR count). The van der Waals surface area contributed by atoms with E-state index in [1.807, 2.05) is 24.3 Å². The number of nitrogens with zero attached hydrogens (tertiary/aromatic N) is 4. The molecule has 0 aliphatic heterocycles. The third kappa shape index (κ3) is 3.99. The first kappa shape index (κ1) is 20.0. The van der Waals surface area contributed by atoms with Gasteiger partial charge in [-0.05, 0) is 41.7 Å². The predicted molar refractivity (Wildman–Crippen MR) is 123 cm³/mol. The maximum Gasteiger partial charge on any atom is 0.201 e. The summed E-state index contributed by atoms with van der Waals surface area (Å²) in [6.45, 7) is 0.402. The highest BCUT2D eigenvalue weighted by Crippen LogP contribution is 2.38. The first-order valence-electron chi connectivity index (χ1n) is 10.7. The number of oxime groups is 1. The Kier molecular flexibility index (Phi) is 5.66. The van der Waals surface area contributed by atoms with Crippen molar-refractivity contribution in [2.45, 2.75) is 25.4 Å². The second-order valence-electron chi connectivity index (χ2n) is 7.74. The van der Waals surface area contributed by atoms with Crippen LogP contribution in [0.15, 0.2) is 90.6 Å². The minimum Gasteiger partial charge on any atom is -0.489 e. The average molecular weight is 425 g/mol. The number of hydrogen-bond donors (Lipinski definition) is 0. The largest absolute Gasteiger partial charge is 0.489 e. The van der Waals surface area contributed by atoms with Crippen LogP contribution in [0.1, 0.15) is 40.2 Å². The summed E-state index contributed by atoms with van der Waals surface area (Å²) < 4.78 is 7.70. The molecule has 1 aromatic heterocycles. The van der Waals surface area contributed by atoms with Crippen LogP contribution < -0.4 is 4.74 Å². The van der Waals surface area contributed by atoms with Crippen LogP contribution >= 0.6 is 0 Å². The molecule has 0 N–H and O–H groups in total. The number of benzene rings is 3. The Morgan fingerprint density at radius 2 is 1.84 bits per heavy atom. The lowest BCUT2D eigenvalue weighted by Gasteiger charge is -2.14. The summed E-state index contributed by atoms with van der Waals surface area (Å²) in [5.74, 6) is 1.86. The molecular weight excluding hydrogens is 400 g/mol. The zero-order chi connectivity index (χ0) is 21.8. The molecule has 0 amide bonds. The van der Waals surface area contributed by atoms with Crippen LogP contribution in [0.2, 0.25) is 0 Å². The van der Waals surface area contributed by atoms with Gasteiger partial charge in [0.25, 0.3) is 0 Å². The van der Waals surface area contributed by atoms with E-state index >= 15 is 0 Å². The highest BCUT2D eigenvalue weighted by molar-refractivity contribution is 6.00. The molecule has 6 heteroatoms. The molecule has 1 aliphatic carbocycles. The molecule has 0 spiro atoms. The third-order valence-corrected chi connectivity index (χ3v) is 5.88. The second kappa shape index (κ2) is 9.06. The normalized spacial score (nSPS) is 15.4. The summed E-state index contributed by atoms with van der Waals surface area (Å²) in [5.41, 5.74) is 6.11. The minimum atomic E-state index is 0.402. The van der Waals surface area contributed by atoms with Crippen molar-refractivity contribution in [2.75, 3.05) is 7.11 Å². The molecule has 32 heavy (non-hydrogen) atoms. The first-order valence-corrected chi connectivity index (χ1v) is 10.7. The lowest BCUT2D eigenvalue weighted by Crippen LogP contribution is -2.17. The van der Waals surface area contributed by atoms with Gasteiger partial charge in [0.15, 0.2) is 0 Å². The number of hydrogen-bond acceptors (Lipinski definition) is 5. The van der Waals surface area contributed by atoms with Crippen LogP contribution in [0.25, 0.3) is 0 Å². The average Bonchev–Trinajstić information content (AvgIpc) is 3.52. The SMILES string of the molecule is CON=C(c1ccccc1COc1ccc(C2CCc3ccccc32)cc1)n1cncn1. The monoisotopic (exact) mass is 424 g/mol. The lowest BCUT2D eigenvalue weighted by atomic mass is 9.93. The van der Waals surface area contributed by atoms with Crippen molar-refractivity contribution >= 4 is 5.84 Å². The van der Waals surface area contributed by atoms with Gasteiger partial charge in [-0.25, -0.2) is 4.98 Å². The van der Waals surface area contributed by atoms with E-state index in [1.54, 1.807) is 11.0 Å². The molecule has 160 valence electrons. The molecule has 0 saturated heterocycles. The van der Waals surface area contributed by atoms with Gasteiger partial charge in [0.05, 0.1) is 0 Å². The lowest BCUT2D eigenvalue weighted by molar-refractivity contribution is 0.212. The molecule has 1 heterocycles. The van der Waals surface area contributed by atoms with Crippen LogP contribution in [0.3, 0.4) is 0 Å². The highest BCUT2D eigenvalue weighted by Gasteiger charge is 2.23. The molecule has 1 aliphatic rings. The van der Waals surface area contributed by atoms with Gasteiger partial charge in [-0.2, -0.15) is 9.78 Å². The molecule has 0 fully saturated rings. The molecule has 1 unspecified atom stereocenters. The van der Waals surface area contributed by atoms with Crippen molar-refractivity contribution in [3.05, 3.63) is 113 Å². The molecule has 6 nitrogen and oxygen atoms in total. The molecule has 1 atom stereocenters. The van der Waals surface area contributed by atoms with E-state index in [1.165, 1.54) is 30.1 Å². The van der Waals surface area contributed by atoms with Crippen molar-refractivity contribution in [2.24, 2.45) is 5.16 Å². The van der Waals surface area contributed by atoms with Gasteiger partial charge in [0.2, 0.25) is 5.84 Å². The molecule has 0 saturated carbocycles. The van der Waals surface area contributed by atoms with Gasteiger partial charge in [0, 0.05) is 17.0 Å². The Morgan fingerprint density at radius 1 is 1.03 bits per heavy atom. The Hall–Kier alpha value is -3.93.